The summed E-state index contributed by atoms with van der Waals surface area (Å²) in [6, 6.07) is 2.90. The predicted octanol–water partition coefficient (Wildman–Crippen LogP) is 4.23. The van der Waals surface area contributed by atoms with Gasteiger partial charge in [-0.15, -0.1) is 0 Å². The molecule has 2 heterocycles. The average molecular weight is 463 g/mol. The summed E-state index contributed by atoms with van der Waals surface area (Å²) in [5.74, 6) is -2.88. The van der Waals surface area contributed by atoms with E-state index in [2.05, 4.69) is 10.3 Å². The van der Waals surface area contributed by atoms with Crippen molar-refractivity contribution in [2.45, 2.75) is 45.3 Å². The highest BCUT2D eigenvalue weighted by Gasteiger charge is 2.39. The van der Waals surface area contributed by atoms with Crippen LogP contribution in [-0.2, 0) is 4.74 Å². The van der Waals surface area contributed by atoms with Crippen LogP contribution in [-0.4, -0.2) is 53.5 Å². The van der Waals surface area contributed by atoms with Crippen molar-refractivity contribution < 1.29 is 33.0 Å². The maximum atomic E-state index is 14.0. The number of alkyl carbamates (subject to hydrolysis) is 1. The number of carbonyl (C=O) groups is 2. The number of rotatable bonds is 5. The van der Waals surface area contributed by atoms with Crippen LogP contribution < -0.4 is 15.0 Å². The normalized spacial score (nSPS) is 18.2. The number of ether oxygens (including phenoxy) is 2. The molecule has 3 rings (SSSR count). The topological polar surface area (TPSA) is 101 Å². The van der Waals surface area contributed by atoms with Crippen molar-refractivity contribution >= 4 is 17.7 Å². The Morgan fingerprint density at radius 1 is 1.21 bits per heavy atom. The SMILES string of the molecule is COc1ncc(C(=O)O)c(N2CCC(C)(NC(=O)OC(C)(C)C)C2)c1-c1cc(F)cc(F)c1. The molecule has 1 fully saturated rings. The quantitative estimate of drug-likeness (QED) is 0.684. The minimum Gasteiger partial charge on any atom is -0.480 e. The van der Waals surface area contributed by atoms with Gasteiger partial charge in [-0.2, -0.15) is 0 Å². The van der Waals surface area contributed by atoms with E-state index in [0.29, 0.717) is 13.0 Å². The standard InChI is InChI=1S/C23H27F2N3O5/c1-22(2,3)33-21(31)27-23(4)6-7-28(12-23)18-16(20(29)30)11-26-19(32-5)17(18)13-8-14(24)10-15(25)9-13/h8-11H,6-7,12H2,1-5H3,(H,27,31)(H,29,30). The zero-order chi connectivity index (χ0) is 24.6. The van der Waals surface area contributed by atoms with E-state index < -0.39 is 34.8 Å². The molecule has 1 aromatic carbocycles. The highest BCUT2D eigenvalue weighted by molar-refractivity contribution is 6.00. The van der Waals surface area contributed by atoms with Gasteiger partial charge in [0.2, 0.25) is 5.88 Å². The van der Waals surface area contributed by atoms with Crippen LogP contribution >= 0.6 is 0 Å². The van der Waals surface area contributed by atoms with Gasteiger partial charge in [0.25, 0.3) is 0 Å². The van der Waals surface area contributed by atoms with Crippen molar-refractivity contribution in [1.82, 2.24) is 10.3 Å². The van der Waals surface area contributed by atoms with Crippen LogP contribution in [0.25, 0.3) is 11.1 Å². The van der Waals surface area contributed by atoms with Crippen molar-refractivity contribution in [2.75, 3.05) is 25.1 Å². The van der Waals surface area contributed by atoms with Gasteiger partial charge in [0.1, 0.15) is 22.8 Å². The summed E-state index contributed by atoms with van der Waals surface area (Å²) in [4.78, 5) is 30.2. The predicted molar refractivity (Wildman–Crippen MR) is 118 cm³/mol. The molecule has 0 bridgehead atoms. The zero-order valence-corrected chi connectivity index (χ0v) is 19.2. The van der Waals surface area contributed by atoms with Gasteiger partial charge in [-0.25, -0.2) is 23.4 Å². The molecule has 0 radical (unpaired) electrons. The van der Waals surface area contributed by atoms with E-state index in [1.54, 1.807) is 25.7 Å². The van der Waals surface area contributed by atoms with Crippen LogP contribution in [0.4, 0.5) is 19.3 Å². The fourth-order valence-corrected chi connectivity index (χ4v) is 3.89. The van der Waals surface area contributed by atoms with E-state index in [0.717, 1.165) is 24.4 Å². The average Bonchev–Trinajstić information content (AvgIpc) is 3.05. The number of benzene rings is 1. The van der Waals surface area contributed by atoms with Gasteiger partial charge in [0.15, 0.2) is 0 Å². The lowest BCUT2D eigenvalue weighted by Gasteiger charge is -2.30. The molecule has 2 N–H and O–H groups in total. The van der Waals surface area contributed by atoms with Crippen molar-refractivity contribution in [3.8, 4) is 17.0 Å². The third-order valence-electron chi connectivity index (χ3n) is 5.18. The number of carboxylic acid groups (broad SMARTS) is 1. The lowest BCUT2D eigenvalue weighted by molar-refractivity contribution is 0.0472. The molecule has 0 saturated carbocycles. The van der Waals surface area contributed by atoms with Crippen LogP contribution in [0.5, 0.6) is 5.88 Å². The first-order valence-corrected chi connectivity index (χ1v) is 10.3. The number of anilines is 1. The van der Waals surface area contributed by atoms with Crippen LogP contribution in [0.1, 0.15) is 44.5 Å². The molecule has 178 valence electrons. The van der Waals surface area contributed by atoms with Crippen LogP contribution in [0.3, 0.4) is 0 Å². The van der Waals surface area contributed by atoms with E-state index in [4.69, 9.17) is 9.47 Å². The van der Waals surface area contributed by atoms with Crippen molar-refractivity contribution in [3.05, 3.63) is 41.6 Å². The Morgan fingerprint density at radius 3 is 2.39 bits per heavy atom. The molecule has 1 unspecified atom stereocenters. The second-order valence-electron chi connectivity index (χ2n) is 9.23. The number of pyridine rings is 1. The Balaban J connectivity index is 2.07. The van der Waals surface area contributed by atoms with Gasteiger partial charge in [0.05, 0.1) is 23.9 Å². The number of aromatic carboxylic acids is 1. The maximum Gasteiger partial charge on any atom is 0.408 e. The third-order valence-corrected chi connectivity index (χ3v) is 5.18. The molecule has 8 nitrogen and oxygen atoms in total. The molecule has 0 aliphatic carbocycles. The van der Waals surface area contributed by atoms with E-state index in [1.807, 2.05) is 6.92 Å². The maximum absolute atomic E-state index is 14.0. The summed E-state index contributed by atoms with van der Waals surface area (Å²) >= 11 is 0. The number of halogens is 2. The number of hydrogen-bond donors (Lipinski definition) is 2. The Labute approximate surface area is 190 Å². The van der Waals surface area contributed by atoms with Crippen LogP contribution in [0.2, 0.25) is 0 Å². The molecule has 1 amide bonds. The first-order valence-electron chi connectivity index (χ1n) is 10.3. The second kappa shape index (κ2) is 8.84. The summed E-state index contributed by atoms with van der Waals surface area (Å²) in [6.07, 6.45) is 1.03. The number of hydrogen-bond acceptors (Lipinski definition) is 6. The van der Waals surface area contributed by atoms with E-state index in [1.165, 1.54) is 7.11 Å². The van der Waals surface area contributed by atoms with Crippen molar-refractivity contribution in [1.29, 1.82) is 0 Å². The largest absolute Gasteiger partial charge is 0.480 e. The minimum absolute atomic E-state index is 0.0219. The Bertz CT molecular complexity index is 1070. The van der Waals surface area contributed by atoms with E-state index >= 15 is 0 Å². The number of aromatic nitrogens is 1. The summed E-state index contributed by atoms with van der Waals surface area (Å²) in [5, 5.41) is 12.7. The van der Waals surface area contributed by atoms with Crippen LogP contribution in [0, 0.1) is 11.6 Å². The first-order chi connectivity index (χ1) is 15.3. The van der Waals surface area contributed by atoms with Gasteiger partial charge < -0.3 is 24.8 Å². The molecule has 1 aliphatic heterocycles. The molecule has 1 aromatic heterocycles. The highest BCUT2D eigenvalue weighted by atomic mass is 19.1. The molecule has 2 aromatic rings. The van der Waals surface area contributed by atoms with Crippen molar-refractivity contribution in [3.63, 3.8) is 0 Å². The molecule has 33 heavy (non-hydrogen) atoms. The zero-order valence-electron chi connectivity index (χ0n) is 19.2. The summed E-state index contributed by atoms with van der Waals surface area (Å²) in [5.41, 5.74) is -1.13. The van der Waals surface area contributed by atoms with Gasteiger partial charge in [-0.05, 0) is 51.8 Å². The molecule has 1 aliphatic rings. The third kappa shape index (κ3) is 5.50. The number of carbonyl (C=O) groups excluding carboxylic acids is 1. The summed E-state index contributed by atoms with van der Waals surface area (Å²) in [7, 11) is 1.34. The molecule has 0 spiro atoms. The number of nitrogens with one attached hydrogen (secondary N) is 1. The second-order valence-corrected chi connectivity index (χ2v) is 9.23. The first kappa shape index (κ1) is 24.2. The minimum atomic E-state index is -1.26. The highest BCUT2D eigenvalue weighted by Crippen LogP contribution is 2.42. The summed E-state index contributed by atoms with van der Waals surface area (Å²) < 4.78 is 38.7. The number of amides is 1. The van der Waals surface area contributed by atoms with Gasteiger partial charge in [-0.1, -0.05) is 0 Å². The lowest BCUT2D eigenvalue weighted by atomic mass is 10.00. The smallest absolute Gasteiger partial charge is 0.408 e. The fourth-order valence-electron chi connectivity index (χ4n) is 3.89. The number of methoxy groups -OCH3 is 1. The van der Waals surface area contributed by atoms with Gasteiger partial charge in [0, 0.05) is 25.4 Å². The molecular weight excluding hydrogens is 436 g/mol. The molecule has 10 heteroatoms. The van der Waals surface area contributed by atoms with Gasteiger partial charge >= 0.3 is 12.1 Å². The van der Waals surface area contributed by atoms with E-state index in [-0.39, 0.29) is 34.8 Å². The van der Waals surface area contributed by atoms with Crippen LogP contribution in [0.15, 0.2) is 24.4 Å². The fraction of sp³-hybridized carbons (Fsp3) is 0.435. The molecular formula is C23H27F2N3O5. The Kier molecular flexibility index (Phi) is 6.49. The Hall–Kier alpha value is -3.43. The molecule has 1 atom stereocenters. The van der Waals surface area contributed by atoms with Crippen molar-refractivity contribution in [2.24, 2.45) is 0 Å². The van der Waals surface area contributed by atoms with Gasteiger partial charge in [-0.3, -0.25) is 0 Å². The van der Waals surface area contributed by atoms with E-state index in [9.17, 15) is 23.5 Å². The number of nitrogens with zero attached hydrogens (tertiary/aromatic N) is 2. The number of carboxylic acids is 1. The Morgan fingerprint density at radius 2 is 1.85 bits per heavy atom. The monoisotopic (exact) mass is 463 g/mol. The molecule has 1 saturated heterocycles. The lowest BCUT2D eigenvalue weighted by Crippen LogP contribution is -2.49. The summed E-state index contributed by atoms with van der Waals surface area (Å²) in [6.45, 7) is 7.67.